The fourth-order valence-electron chi connectivity index (χ4n) is 1.76. The summed E-state index contributed by atoms with van der Waals surface area (Å²) in [6, 6.07) is 9.22. The van der Waals surface area contributed by atoms with Crippen molar-refractivity contribution in [1.29, 1.82) is 0 Å². The first-order valence-electron chi connectivity index (χ1n) is 7.08. The minimum absolute atomic E-state index is 0.0116. The van der Waals surface area contributed by atoms with Crippen molar-refractivity contribution >= 4 is 19.9 Å². The molecule has 1 heterocycles. The third-order valence-electron chi connectivity index (χ3n) is 2.85. The van der Waals surface area contributed by atoms with Crippen LogP contribution in [0.25, 0.3) is 0 Å². The van der Waals surface area contributed by atoms with E-state index >= 15 is 0 Å². The van der Waals surface area contributed by atoms with Gasteiger partial charge in [0.2, 0.25) is 0 Å². The summed E-state index contributed by atoms with van der Waals surface area (Å²) in [7, 11) is -1.31. The first kappa shape index (κ1) is 15.6. The van der Waals surface area contributed by atoms with Gasteiger partial charge in [-0.1, -0.05) is 37.8 Å². The third kappa shape index (κ3) is 6.02. The van der Waals surface area contributed by atoms with Gasteiger partial charge in [0.15, 0.2) is 0 Å². The molecule has 1 aromatic rings. The van der Waals surface area contributed by atoms with Crippen LogP contribution in [0.4, 0.5) is 10.5 Å². The monoisotopic (exact) mass is 303 g/mol. The zero-order valence-corrected chi connectivity index (χ0v) is 13.7. The van der Waals surface area contributed by atoms with Crippen LogP contribution in [0.1, 0.15) is 6.42 Å². The Balaban J connectivity index is 1.64. The SMILES string of the molecule is C[Si](C)(C)C#CC[C@@H]1O[C@H]1COC(=O)Nc1ccccc1. The lowest BCUT2D eigenvalue weighted by atomic mass is 10.2. The zero-order valence-electron chi connectivity index (χ0n) is 12.7. The lowest BCUT2D eigenvalue weighted by molar-refractivity contribution is 0.150. The number of nitrogens with one attached hydrogen (secondary N) is 1. The number of rotatable bonds is 4. The summed E-state index contributed by atoms with van der Waals surface area (Å²) in [5, 5.41) is 2.66. The van der Waals surface area contributed by atoms with E-state index in [0.717, 1.165) is 12.1 Å². The lowest BCUT2D eigenvalue weighted by Crippen LogP contribution is -2.17. The maximum absolute atomic E-state index is 11.6. The highest BCUT2D eigenvalue weighted by Crippen LogP contribution is 2.25. The second-order valence-corrected chi connectivity index (χ2v) is 10.8. The van der Waals surface area contributed by atoms with Gasteiger partial charge in [-0.3, -0.25) is 5.32 Å². The van der Waals surface area contributed by atoms with Crippen LogP contribution < -0.4 is 5.32 Å². The average Bonchev–Trinajstić information content (AvgIpc) is 3.15. The molecular weight excluding hydrogens is 282 g/mol. The van der Waals surface area contributed by atoms with Gasteiger partial charge in [0.05, 0.1) is 6.10 Å². The molecule has 1 N–H and O–H groups in total. The van der Waals surface area contributed by atoms with Crippen molar-refractivity contribution in [3.8, 4) is 11.5 Å². The Morgan fingerprint density at radius 1 is 1.29 bits per heavy atom. The normalized spacial score (nSPS) is 20.1. The summed E-state index contributed by atoms with van der Waals surface area (Å²) in [6.07, 6.45) is 0.364. The Hall–Kier alpha value is -1.77. The number of amides is 1. The Bertz CT molecular complexity index is 542. The van der Waals surface area contributed by atoms with Gasteiger partial charge in [-0.25, -0.2) is 4.79 Å². The summed E-state index contributed by atoms with van der Waals surface area (Å²) in [6.45, 7) is 6.91. The highest BCUT2D eigenvalue weighted by molar-refractivity contribution is 6.83. The summed E-state index contributed by atoms with van der Waals surface area (Å²) in [5.41, 5.74) is 4.02. The summed E-state index contributed by atoms with van der Waals surface area (Å²) in [4.78, 5) is 11.6. The van der Waals surface area contributed by atoms with Gasteiger partial charge in [-0.2, -0.15) is 0 Å². The topological polar surface area (TPSA) is 50.9 Å². The van der Waals surface area contributed by atoms with E-state index in [1.807, 2.05) is 30.3 Å². The third-order valence-corrected chi connectivity index (χ3v) is 3.78. The van der Waals surface area contributed by atoms with Gasteiger partial charge >= 0.3 is 6.09 Å². The van der Waals surface area contributed by atoms with Crippen molar-refractivity contribution in [1.82, 2.24) is 0 Å². The molecule has 2 rings (SSSR count). The standard InChI is InChI=1S/C16H21NO3Si/c1-21(2,3)11-7-10-14-15(20-14)12-19-16(18)17-13-8-5-4-6-9-13/h4-6,8-9,14-15H,10,12H2,1-3H3,(H,17,18)/t14-,15-/m0/s1. The van der Waals surface area contributed by atoms with Crippen LogP contribution in [0.2, 0.25) is 19.6 Å². The molecule has 0 aromatic heterocycles. The fraction of sp³-hybridized carbons (Fsp3) is 0.438. The summed E-state index contributed by atoms with van der Waals surface area (Å²) >= 11 is 0. The Labute approximate surface area is 126 Å². The maximum Gasteiger partial charge on any atom is 0.411 e. The van der Waals surface area contributed by atoms with Crippen molar-refractivity contribution in [3.05, 3.63) is 30.3 Å². The van der Waals surface area contributed by atoms with E-state index in [-0.39, 0.29) is 18.8 Å². The average molecular weight is 303 g/mol. The lowest BCUT2D eigenvalue weighted by Gasteiger charge is -2.05. The first-order valence-corrected chi connectivity index (χ1v) is 10.6. The van der Waals surface area contributed by atoms with Crippen molar-refractivity contribution in [2.45, 2.75) is 38.3 Å². The molecule has 0 bridgehead atoms. The van der Waals surface area contributed by atoms with Gasteiger partial charge in [0, 0.05) is 12.1 Å². The molecule has 112 valence electrons. The van der Waals surface area contributed by atoms with Crippen molar-refractivity contribution in [2.24, 2.45) is 0 Å². The molecule has 4 nitrogen and oxygen atoms in total. The van der Waals surface area contributed by atoms with E-state index < -0.39 is 14.2 Å². The second kappa shape index (κ2) is 6.79. The number of hydrogen-bond acceptors (Lipinski definition) is 3. The quantitative estimate of drug-likeness (QED) is 0.527. The second-order valence-electron chi connectivity index (χ2n) is 6.06. The van der Waals surface area contributed by atoms with E-state index in [2.05, 4.69) is 36.4 Å². The van der Waals surface area contributed by atoms with Crippen LogP contribution in [0.5, 0.6) is 0 Å². The van der Waals surface area contributed by atoms with Crippen LogP contribution in [0.3, 0.4) is 0 Å². The Kier molecular flexibility index (Phi) is 5.05. The molecule has 0 unspecified atom stereocenters. The molecule has 2 atom stereocenters. The molecule has 0 radical (unpaired) electrons. The van der Waals surface area contributed by atoms with Gasteiger partial charge in [0.1, 0.15) is 20.8 Å². The maximum atomic E-state index is 11.6. The molecule has 1 fully saturated rings. The van der Waals surface area contributed by atoms with Gasteiger partial charge in [0.25, 0.3) is 0 Å². The van der Waals surface area contributed by atoms with Crippen LogP contribution in [-0.2, 0) is 9.47 Å². The van der Waals surface area contributed by atoms with E-state index in [0.29, 0.717) is 0 Å². The Morgan fingerprint density at radius 2 is 2.00 bits per heavy atom. The summed E-state index contributed by atoms with van der Waals surface area (Å²) in [5.74, 6) is 3.18. The smallest absolute Gasteiger partial charge is 0.411 e. The molecule has 0 saturated carbocycles. The number of para-hydroxylation sites is 1. The van der Waals surface area contributed by atoms with Crippen LogP contribution in [0, 0.1) is 11.5 Å². The molecule has 1 aromatic carbocycles. The molecule has 0 spiro atoms. The number of carbonyl (C=O) groups excluding carboxylic acids is 1. The Morgan fingerprint density at radius 3 is 2.67 bits per heavy atom. The highest BCUT2D eigenvalue weighted by Gasteiger charge is 2.39. The molecule has 21 heavy (non-hydrogen) atoms. The summed E-state index contributed by atoms with van der Waals surface area (Å²) < 4.78 is 10.6. The van der Waals surface area contributed by atoms with Crippen LogP contribution in [-0.4, -0.2) is 33.0 Å². The molecule has 1 aliphatic rings. The zero-order chi connectivity index (χ0) is 15.3. The molecule has 0 aliphatic carbocycles. The van der Waals surface area contributed by atoms with Crippen LogP contribution in [0.15, 0.2) is 30.3 Å². The number of carbonyl (C=O) groups is 1. The van der Waals surface area contributed by atoms with Gasteiger partial charge < -0.3 is 9.47 Å². The van der Waals surface area contributed by atoms with E-state index in [1.165, 1.54) is 0 Å². The van der Waals surface area contributed by atoms with E-state index in [4.69, 9.17) is 9.47 Å². The molecule has 1 saturated heterocycles. The van der Waals surface area contributed by atoms with Crippen molar-refractivity contribution in [2.75, 3.05) is 11.9 Å². The molecule has 1 aliphatic heterocycles. The minimum atomic E-state index is -1.31. The number of anilines is 1. The van der Waals surface area contributed by atoms with E-state index in [9.17, 15) is 4.79 Å². The van der Waals surface area contributed by atoms with E-state index in [1.54, 1.807) is 0 Å². The van der Waals surface area contributed by atoms with Gasteiger partial charge in [-0.15, -0.1) is 11.5 Å². The number of ether oxygens (including phenoxy) is 2. The molecular formula is C16H21NO3Si. The molecule has 5 heteroatoms. The van der Waals surface area contributed by atoms with Crippen LogP contribution >= 0.6 is 0 Å². The number of hydrogen-bond donors (Lipinski definition) is 1. The number of epoxide rings is 1. The first-order chi connectivity index (χ1) is 9.94. The fourth-order valence-corrected chi connectivity index (χ4v) is 2.39. The minimum Gasteiger partial charge on any atom is -0.446 e. The predicted molar refractivity (Wildman–Crippen MR) is 85.8 cm³/mol. The molecule has 1 amide bonds. The van der Waals surface area contributed by atoms with Gasteiger partial charge in [-0.05, 0) is 12.1 Å². The predicted octanol–water partition coefficient (Wildman–Crippen LogP) is 3.27. The largest absolute Gasteiger partial charge is 0.446 e. The van der Waals surface area contributed by atoms with Crippen molar-refractivity contribution in [3.63, 3.8) is 0 Å². The number of benzene rings is 1. The highest BCUT2D eigenvalue weighted by atomic mass is 28.3. The van der Waals surface area contributed by atoms with Crippen molar-refractivity contribution < 1.29 is 14.3 Å².